The van der Waals surface area contributed by atoms with E-state index in [2.05, 4.69) is 30.8 Å². The highest BCUT2D eigenvalue weighted by molar-refractivity contribution is 5.92. The van der Waals surface area contributed by atoms with E-state index in [4.69, 9.17) is 0 Å². The summed E-state index contributed by atoms with van der Waals surface area (Å²) < 4.78 is 0. The van der Waals surface area contributed by atoms with Crippen LogP contribution in [0.4, 0.5) is 0 Å². The van der Waals surface area contributed by atoms with Gasteiger partial charge in [-0.3, -0.25) is 9.98 Å². The van der Waals surface area contributed by atoms with Gasteiger partial charge in [0.15, 0.2) is 0 Å². The zero-order valence-corrected chi connectivity index (χ0v) is 10.7. The van der Waals surface area contributed by atoms with Gasteiger partial charge < -0.3 is 10.6 Å². The number of hydrogen-bond acceptors (Lipinski definition) is 6. The zero-order chi connectivity index (χ0) is 12.3. The lowest BCUT2D eigenvalue weighted by Crippen LogP contribution is -2.38. The molecule has 0 aliphatic carbocycles. The number of hydrogen-bond donors (Lipinski definition) is 2. The van der Waals surface area contributed by atoms with Gasteiger partial charge in [-0.1, -0.05) is 0 Å². The molecule has 6 heteroatoms. The third-order valence-corrected chi connectivity index (χ3v) is 2.83. The smallest absolute Gasteiger partial charge is 0.132 e. The molecular formula is C11H20N6. The van der Waals surface area contributed by atoms with Crippen molar-refractivity contribution in [1.29, 1.82) is 0 Å². The van der Waals surface area contributed by atoms with Gasteiger partial charge in [0, 0.05) is 13.1 Å². The lowest BCUT2D eigenvalue weighted by atomic mass is 10.1. The molecule has 0 aromatic heterocycles. The fourth-order valence-corrected chi connectivity index (χ4v) is 1.84. The first-order valence-corrected chi connectivity index (χ1v) is 6.08. The van der Waals surface area contributed by atoms with E-state index in [1.165, 1.54) is 0 Å². The molecule has 1 unspecified atom stereocenters. The SMILES string of the molecule is CC(N=NC(C)(C)C1=NCCN1)C1=NCCN1. The summed E-state index contributed by atoms with van der Waals surface area (Å²) in [4.78, 5) is 8.73. The molecule has 0 radical (unpaired) electrons. The first kappa shape index (κ1) is 12.0. The summed E-state index contributed by atoms with van der Waals surface area (Å²) in [5.41, 5.74) is -0.371. The molecular weight excluding hydrogens is 216 g/mol. The van der Waals surface area contributed by atoms with Crippen LogP contribution in [0.5, 0.6) is 0 Å². The van der Waals surface area contributed by atoms with Crippen LogP contribution in [-0.4, -0.2) is 49.4 Å². The number of aliphatic imine (C=N–C) groups is 2. The fraction of sp³-hybridized carbons (Fsp3) is 0.818. The molecule has 1 atom stereocenters. The number of azo groups is 1. The maximum Gasteiger partial charge on any atom is 0.132 e. The Morgan fingerprint density at radius 3 is 2.47 bits per heavy atom. The van der Waals surface area contributed by atoms with Gasteiger partial charge in [0.25, 0.3) is 0 Å². The van der Waals surface area contributed by atoms with Crippen molar-refractivity contribution < 1.29 is 0 Å². The van der Waals surface area contributed by atoms with Gasteiger partial charge in [-0.2, -0.15) is 10.2 Å². The second kappa shape index (κ2) is 4.81. The largest absolute Gasteiger partial charge is 0.370 e. The minimum atomic E-state index is -0.371. The molecule has 0 fully saturated rings. The Hall–Kier alpha value is -1.46. The topological polar surface area (TPSA) is 73.5 Å². The lowest BCUT2D eigenvalue weighted by Gasteiger charge is -2.19. The van der Waals surface area contributed by atoms with Crippen molar-refractivity contribution in [2.75, 3.05) is 26.2 Å². The average Bonchev–Trinajstić information content (AvgIpc) is 2.97. The summed E-state index contributed by atoms with van der Waals surface area (Å²) in [6.07, 6.45) is 0. The highest BCUT2D eigenvalue weighted by Crippen LogP contribution is 2.14. The van der Waals surface area contributed by atoms with Crippen molar-refractivity contribution >= 4 is 11.7 Å². The Kier molecular flexibility index (Phi) is 3.40. The standard InChI is InChI=1S/C11H20N6/c1-8(9-12-4-5-13-9)16-17-11(2,3)10-14-6-7-15-10/h8H,4-7H2,1-3H3,(H,12,13)(H,14,15). The summed E-state index contributed by atoms with van der Waals surface area (Å²) in [5.74, 6) is 1.86. The minimum absolute atomic E-state index is 0.00113. The minimum Gasteiger partial charge on any atom is -0.370 e. The monoisotopic (exact) mass is 236 g/mol. The van der Waals surface area contributed by atoms with Crippen molar-refractivity contribution in [3.05, 3.63) is 0 Å². The summed E-state index contributed by atoms with van der Waals surface area (Å²) in [6.45, 7) is 9.52. The molecule has 6 nitrogen and oxygen atoms in total. The molecule has 2 N–H and O–H groups in total. The normalized spacial score (nSPS) is 22.1. The highest BCUT2D eigenvalue weighted by Gasteiger charge is 2.27. The van der Waals surface area contributed by atoms with Crippen LogP contribution >= 0.6 is 0 Å². The first-order valence-electron chi connectivity index (χ1n) is 6.08. The highest BCUT2D eigenvalue weighted by atomic mass is 15.2. The summed E-state index contributed by atoms with van der Waals surface area (Å²) in [5, 5.41) is 15.2. The second-order valence-corrected chi connectivity index (χ2v) is 4.80. The van der Waals surface area contributed by atoms with E-state index in [0.717, 1.165) is 37.9 Å². The van der Waals surface area contributed by atoms with Gasteiger partial charge in [0.2, 0.25) is 0 Å². The number of nitrogens with zero attached hydrogens (tertiary/aromatic N) is 4. The maximum atomic E-state index is 4.39. The Labute approximate surface area is 102 Å². The van der Waals surface area contributed by atoms with Gasteiger partial charge in [0.1, 0.15) is 23.3 Å². The van der Waals surface area contributed by atoms with Crippen molar-refractivity contribution in [3.8, 4) is 0 Å². The van der Waals surface area contributed by atoms with Gasteiger partial charge >= 0.3 is 0 Å². The quantitative estimate of drug-likeness (QED) is 0.702. The third-order valence-electron chi connectivity index (χ3n) is 2.83. The molecule has 0 spiro atoms. The molecule has 94 valence electrons. The van der Waals surface area contributed by atoms with E-state index in [1.807, 2.05) is 20.8 Å². The van der Waals surface area contributed by atoms with E-state index in [0.29, 0.717) is 0 Å². The molecule has 2 aliphatic rings. The molecule has 2 heterocycles. The van der Waals surface area contributed by atoms with E-state index >= 15 is 0 Å². The van der Waals surface area contributed by atoms with Crippen LogP contribution in [0.25, 0.3) is 0 Å². The van der Waals surface area contributed by atoms with E-state index in [1.54, 1.807) is 0 Å². The Morgan fingerprint density at radius 1 is 1.18 bits per heavy atom. The van der Waals surface area contributed by atoms with E-state index in [9.17, 15) is 0 Å². The molecule has 0 amide bonds. The average molecular weight is 236 g/mol. The van der Waals surface area contributed by atoms with Crippen LogP contribution in [0.1, 0.15) is 20.8 Å². The molecule has 17 heavy (non-hydrogen) atoms. The maximum absolute atomic E-state index is 4.39. The summed E-state index contributed by atoms with van der Waals surface area (Å²) >= 11 is 0. The first-order chi connectivity index (χ1) is 8.09. The number of amidine groups is 2. The summed E-state index contributed by atoms with van der Waals surface area (Å²) in [6, 6.07) is -0.00113. The van der Waals surface area contributed by atoms with Crippen molar-refractivity contribution in [2.24, 2.45) is 20.2 Å². The molecule has 0 aromatic rings. The van der Waals surface area contributed by atoms with Crippen LogP contribution in [0.3, 0.4) is 0 Å². The van der Waals surface area contributed by atoms with Crippen LogP contribution < -0.4 is 10.6 Å². The van der Waals surface area contributed by atoms with E-state index < -0.39 is 0 Å². The van der Waals surface area contributed by atoms with Crippen LogP contribution in [-0.2, 0) is 0 Å². The molecule has 0 saturated carbocycles. The molecule has 2 rings (SSSR count). The van der Waals surface area contributed by atoms with Crippen LogP contribution in [0.2, 0.25) is 0 Å². The molecule has 0 aromatic carbocycles. The van der Waals surface area contributed by atoms with Gasteiger partial charge in [-0.15, -0.1) is 0 Å². The van der Waals surface area contributed by atoms with Crippen LogP contribution in [0, 0.1) is 0 Å². The molecule has 0 bridgehead atoms. The Morgan fingerprint density at radius 2 is 1.88 bits per heavy atom. The van der Waals surface area contributed by atoms with Crippen LogP contribution in [0.15, 0.2) is 20.2 Å². The van der Waals surface area contributed by atoms with Crippen molar-refractivity contribution in [3.63, 3.8) is 0 Å². The van der Waals surface area contributed by atoms with Gasteiger partial charge in [0.05, 0.1) is 13.1 Å². The van der Waals surface area contributed by atoms with Gasteiger partial charge in [-0.05, 0) is 20.8 Å². The fourth-order valence-electron chi connectivity index (χ4n) is 1.84. The lowest BCUT2D eigenvalue weighted by molar-refractivity contribution is 0.613. The van der Waals surface area contributed by atoms with E-state index in [-0.39, 0.29) is 11.6 Å². The predicted octanol–water partition coefficient (Wildman–Crippen LogP) is 0.609. The van der Waals surface area contributed by atoms with Crippen molar-refractivity contribution in [2.45, 2.75) is 32.4 Å². The zero-order valence-electron chi connectivity index (χ0n) is 10.7. The van der Waals surface area contributed by atoms with Crippen molar-refractivity contribution in [1.82, 2.24) is 10.6 Å². The number of nitrogens with one attached hydrogen (secondary N) is 2. The Bertz CT molecular complexity index is 368. The molecule has 0 saturated heterocycles. The third kappa shape index (κ3) is 2.81. The summed E-state index contributed by atoms with van der Waals surface area (Å²) in [7, 11) is 0. The van der Waals surface area contributed by atoms with Gasteiger partial charge in [-0.25, -0.2) is 0 Å². The second-order valence-electron chi connectivity index (χ2n) is 4.80. The predicted molar refractivity (Wildman–Crippen MR) is 69.0 cm³/mol. The number of rotatable bonds is 4. The Balaban J connectivity index is 1.98. The molecule has 2 aliphatic heterocycles.